The predicted molar refractivity (Wildman–Crippen MR) is 50.7 cm³/mol. The first-order chi connectivity index (χ1) is 7.59. The van der Waals surface area contributed by atoms with E-state index in [1.54, 1.807) is 0 Å². The first kappa shape index (κ1) is 14.2. The Bertz CT molecular complexity index is 418. The van der Waals surface area contributed by atoms with Gasteiger partial charge < -0.3 is 0 Å². The fourth-order valence-corrected chi connectivity index (χ4v) is 1.85. The van der Waals surface area contributed by atoms with Gasteiger partial charge in [0.2, 0.25) is 0 Å². The van der Waals surface area contributed by atoms with Gasteiger partial charge in [0.05, 0.1) is 11.1 Å². The summed E-state index contributed by atoms with van der Waals surface area (Å²) in [5, 5.41) is 0. The third kappa shape index (κ3) is 2.86. The summed E-state index contributed by atoms with van der Waals surface area (Å²) >= 11 is 5.30. The van der Waals surface area contributed by atoms with Gasteiger partial charge >= 0.3 is 12.4 Å². The maximum Gasteiger partial charge on any atom is 0.416 e. The van der Waals surface area contributed by atoms with Crippen molar-refractivity contribution in [2.24, 2.45) is 0 Å². The molecule has 0 nitrogen and oxygen atoms in total. The Morgan fingerprint density at radius 1 is 0.941 bits per heavy atom. The molecule has 96 valence electrons. The van der Waals surface area contributed by atoms with Gasteiger partial charge in [0.15, 0.2) is 0 Å². The lowest BCUT2D eigenvalue weighted by atomic mass is 9.97. The number of rotatable bonds is 1. The number of hydrogen-bond acceptors (Lipinski definition) is 0. The molecule has 1 aromatic rings. The summed E-state index contributed by atoms with van der Waals surface area (Å²) in [5.74, 6) is -0.620. The second kappa shape index (κ2) is 4.40. The van der Waals surface area contributed by atoms with Crippen molar-refractivity contribution in [1.82, 2.24) is 0 Å². The molecule has 0 bridgehead atoms. The zero-order valence-electron chi connectivity index (χ0n) is 8.51. The van der Waals surface area contributed by atoms with Crippen LogP contribution in [0.4, 0.5) is 26.3 Å². The first-order valence-corrected chi connectivity index (χ1v) is 4.95. The topological polar surface area (TPSA) is 0 Å². The summed E-state index contributed by atoms with van der Waals surface area (Å²) in [6, 6.07) is 0.835. The molecule has 0 spiro atoms. The summed E-state index contributed by atoms with van der Waals surface area (Å²) in [4.78, 5) is 0. The largest absolute Gasteiger partial charge is 0.416 e. The maximum atomic E-state index is 12.5. The van der Waals surface area contributed by atoms with Crippen LogP contribution in [0.15, 0.2) is 12.1 Å². The average Bonchev–Trinajstić information content (AvgIpc) is 2.13. The van der Waals surface area contributed by atoms with E-state index >= 15 is 0 Å². The third-order valence-electron chi connectivity index (χ3n) is 2.34. The van der Waals surface area contributed by atoms with Gasteiger partial charge in [-0.05, 0) is 30.2 Å². The fourth-order valence-electron chi connectivity index (χ4n) is 1.50. The quantitative estimate of drug-likeness (QED) is 0.512. The van der Waals surface area contributed by atoms with Gasteiger partial charge in [0.25, 0.3) is 0 Å². The minimum atomic E-state index is -4.71. The van der Waals surface area contributed by atoms with Gasteiger partial charge in [-0.15, -0.1) is 11.6 Å². The van der Waals surface area contributed by atoms with Crippen molar-refractivity contribution in [3.05, 3.63) is 34.4 Å². The molecule has 0 saturated heterocycles. The Morgan fingerprint density at radius 2 is 1.35 bits per heavy atom. The summed E-state index contributed by atoms with van der Waals surface area (Å²) in [7, 11) is 0. The van der Waals surface area contributed by atoms with Crippen LogP contribution in [0.3, 0.4) is 0 Å². The number of hydrogen-bond donors (Lipinski definition) is 0. The maximum absolute atomic E-state index is 12.5. The summed E-state index contributed by atoms with van der Waals surface area (Å²) in [6.07, 6.45) is -9.39. The van der Waals surface area contributed by atoms with Crippen molar-refractivity contribution < 1.29 is 26.3 Å². The van der Waals surface area contributed by atoms with E-state index in [-0.39, 0.29) is 0 Å². The molecule has 0 aliphatic rings. The monoisotopic (exact) mass is 276 g/mol. The molecule has 0 aromatic heterocycles. The lowest BCUT2D eigenvalue weighted by Crippen LogP contribution is -2.15. The molecule has 0 unspecified atom stereocenters. The summed E-state index contributed by atoms with van der Waals surface area (Å²) in [6.45, 7) is 0.982. The molecule has 0 saturated carbocycles. The molecule has 1 aromatic carbocycles. The number of halogens is 7. The predicted octanol–water partition coefficient (Wildman–Crippen LogP) is 4.77. The lowest BCUT2D eigenvalue weighted by molar-refractivity contribution is -0.142. The minimum Gasteiger partial charge on any atom is -0.166 e. The standard InChI is InChI=1S/C10H7ClF6/c1-5-6(4-11)8(10(15,16)17)3-2-7(5)9(12,13)14/h2-3H,4H2,1H3. The van der Waals surface area contributed by atoms with Gasteiger partial charge in [0, 0.05) is 5.88 Å². The Kier molecular flexibility index (Phi) is 3.66. The summed E-state index contributed by atoms with van der Waals surface area (Å²) < 4.78 is 74.9. The van der Waals surface area contributed by atoms with Crippen molar-refractivity contribution in [3.8, 4) is 0 Å². The van der Waals surface area contributed by atoms with Crippen molar-refractivity contribution >= 4 is 11.6 Å². The Hall–Kier alpha value is -0.910. The molecule has 0 radical (unpaired) electrons. The molecule has 0 aliphatic carbocycles. The van der Waals surface area contributed by atoms with Crippen LogP contribution in [0.5, 0.6) is 0 Å². The third-order valence-corrected chi connectivity index (χ3v) is 2.61. The van der Waals surface area contributed by atoms with Gasteiger partial charge in [-0.2, -0.15) is 26.3 Å². The van der Waals surface area contributed by atoms with Gasteiger partial charge in [-0.1, -0.05) is 0 Å². The first-order valence-electron chi connectivity index (χ1n) is 4.42. The van der Waals surface area contributed by atoms with Crippen molar-refractivity contribution in [1.29, 1.82) is 0 Å². The van der Waals surface area contributed by atoms with E-state index < -0.39 is 40.5 Å². The van der Waals surface area contributed by atoms with Gasteiger partial charge in [-0.25, -0.2) is 0 Å². The average molecular weight is 277 g/mol. The van der Waals surface area contributed by atoms with Crippen molar-refractivity contribution in [2.75, 3.05) is 0 Å². The molecule has 0 fully saturated rings. The van der Waals surface area contributed by atoms with E-state index in [0.717, 1.165) is 6.92 Å². The van der Waals surface area contributed by atoms with Crippen molar-refractivity contribution in [3.63, 3.8) is 0 Å². The smallest absolute Gasteiger partial charge is 0.166 e. The molecule has 0 heterocycles. The normalized spacial score (nSPS) is 12.9. The molecule has 0 aliphatic heterocycles. The van der Waals surface area contributed by atoms with Crippen LogP contribution in [0.1, 0.15) is 22.3 Å². The van der Waals surface area contributed by atoms with E-state index in [1.807, 2.05) is 0 Å². The Morgan fingerprint density at radius 3 is 1.71 bits per heavy atom. The van der Waals surface area contributed by atoms with E-state index in [1.165, 1.54) is 0 Å². The molecular weight excluding hydrogens is 270 g/mol. The second-order valence-corrected chi connectivity index (χ2v) is 3.66. The van der Waals surface area contributed by atoms with Crippen molar-refractivity contribution in [2.45, 2.75) is 25.2 Å². The SMILES string of the molecule is Cc1c(C(F)(F)F)ccc(C(F)(F)F)c1CCl. The zero-order chi connectivity index (χ0) is 13.4. The van der Waals surface area contributed by atoms with E-state index in [0.29, 0.717) is 12.1 Å². The second-order valence-electron chi connectivity index (χ2n) is 3.39. The number of alkyl halides is 7. The van der Waals surface area contributed by atoms with E-state index in [9.17, 15) is 26.3 Å². The van der Waals surface area contributed by atoms with Crippen LogP contribution >= 0.6 is 11.6 Å². The highest BCUT2D eigenvalue weighted by Gasteiger charge is 2.38. The van der Waals surface area contributed by atoms with Crippen LogP contribution in [-0.4, -0.2) is 0 Å². The molecule has 1 rings (SSSR count). The van der Waals surface area contributed by atoms with E-state index in [4.69, 9.17) is 11.6 Å². The minimum absolute atomic E-state index is 0.410. The Labute approximate surface area is 98.2 Å². The number of benzene rings is 1. The van der Waals surface area contributed by atoms with E-state index in [2.05, 4.69) is 0 Å². The van der Waals surface area contributed by atoms with Gasteiger partial charge in [-0.3, -0.25) is 0 Å². The highest BCUT2D eigenvalue weighted by Crippen LogP contribution is 2.39. The highest BCUT2D eigenvalue weighted by atomic mass is 35.5. The molecular formula is C10H7ClF6. The van der Waals surface area contributed by atoms with Gasteiger partial charge in [0.1, 0.15) is 0 Å². The van der Waals surface area contributed by atoms with Crippen LogP contribution in [-0.2, 0) is 18.2 Å². The Balaban J connectivity index is 3.49. The molecule has 7 heteroatoms. The lowest BCUT2D eigenvalue weighted by Gasteiger charge is -2.18. The van der Waals surface area contributed by atoms with Crippen LogP contribution in [0.25, 0.3) is 0 Å². The molecule has 17 heavy (non-hydrogen) atoms. The van der Waals surface area contributed by atoms with Crippen LogP contribution in [0.2, 0.25) is 0 Å². The van der Waals surface area contributed by atoms with Crippen LogP contribution in [0, 0.1) is 6.92 Å². The van der Waals surface area contributed by atoms with Crippen LogP contribution < -0.4 is 0 Å². The molecule has 0 N–H and O–H groups in total. The molecule has 0 atom stereocenters. The highest BCUT2D eigenvalue weighted by molar-refractivity contribution is 6.17. The molecule has 0 amide bonds. The zero-order valence-corrected chi connectivity index (χ0v) is 9.26. The summed E-state index contributed by atoms with van der Waals surface area (Å²) in [5.41, 5.74) is -3.24. The fraction of sp³-hybridized carbons (Fsp3) is 0.400.